The predicted octanol–water partition coefficient (Wildman–Crippen LogP) is 2.56. The van der Waals surface area contributed by atoms with Crippen molar-refractivity contribution in [2.45, 2.75) is 47.0 Å². The van der Waals surface area contributed by atoms with Crippen LogP contribution in [0.4, 0.5) is 4.79 Å². The molecule has 1 atom stereocenters. The molecular formula is C15H28N2O3. The first-order valence-electron chi connectivity index (χ1n) is 7.62. The molecule has 1 aliphatic heterocycles. The van der Waals surface area contributed by atoms with Crippen LogP contribution in [-0.4, -0.2) is 41.6 Å². The van der Waals surface area contributed by atoms with E-state index in [1.807, 2.05) is 18.7 Å². The van der Waals surface area contributed by atoms with Gasteiger partial charge in [0.1, 0.15) is 0 Å². The number of carbonyl (C=O) groups excluding carboxylic acids is 1. The maximum absolute atomic E-state index is 12.1. The highest BCUT2D eigenvalue weighted by atomic mass is 16.4. The van der Waals surface area contributed by atoms with E-state index < -0.39 is 11.4 Å². The number of urea groups is 1. The highest BCUT2D eigenvalue weighted by molar-refractivity contribution is 5.78. The van der Waals surface area contributed by atoms with Crippen LogP contribution in [0.3, 0.4) is 0 Å². The molecule has 5 nitrogen and oxygen atoms in total. The molecule has 0 bridgehead atoms. The van der Waals surface area contributed by atoms with Crippen LogP contribution in [0.15, 0.2) is 0 Å². The quantitative estimate of drug-likeness (QED) is 0.787. The summed E-state index contributed by atoms with van der Waals surface area (Å²) in [7, 11) is 0. The maximum atomic E-state index is 12.1. The lowest BCUT2D eigenvalue weighted by atomic mass is 9.82. The molecule has 1 heterocycles. The molecule has 1 saturated heterocycles. The van der Waals surface area contributed by atoms with Gasteiger partial charge < -0.3 is 15.3 Å². The van der Waals surface area contributed by atoms with Gasteiger partial charge in [0.2, 0.25) is 0 Å². The van der Waals surface area contributed by atoms with Crippen molar-refractivity contribution in [3.05, 3.63) is 0 Å². The smallest absolute Gasteiger partial charge is 0.317 e. The molecule has 2 N–H and O–H groups in total. The van der Waals surface area contributed by atoms with Gasteiger partial charge in [-0.1, -0.05) is 27.7 Å². The Labute approximate surface area is 121 Å². The molecule has 1 aliphatic rings. The first-order valence-corrected chi connectivity index (χ1v) is 7.62. The van der Waals surface area contributed by atoms with E-state index in [2.05, 4.69) is 19.2 Å². The number of hydrogen-bond acceptors (Lipinski definition) is 2. The minimum absolute atomic E-state index is 0.124. The van der Waals surface area contributed by atoms with Gasteiger partial charge in [-0.3, -0.25) is 4.79 Å². The molecule has 2 amide bonds. The number of nitrogens with zero attached hydrogens (tertiary/aromatic N) is 1. The minimum atomic E-state index is -0.840. The molecule has 0 aromatic rings. The van der Waals surface area contributed by atoms with Crippen molar-refractivity contribution in [2.24, 2.45) is 17.3 Å². The molecule has 0 aromatic heterocycles. The normalized spacial score (nSPS) is 19.4. The fourth-order valence-electron chi connectivity index (χ4n) is 2.75. The largest absolute Gasteiger partial charge is 0.481 e. The third kappa shape index (κ3) is 3.64. The van der Waals surface area contributed by atoms with E-state index in [-0.39, 0.29) is 12.6 Å². The van der Waals surface area contributed by atoms with Crippen LogP contribution in [-0.2, 0) is 4.79 Å². The number of hydrogen-bond donors (Lipinski definition) is 2. The first kappa shape index (κ1) is 16.8. The number of nitrogens with one attached hydrogen (secondary N) is 1. The number of carboxylic acid groups (broad SMARTS) is 1. The van der Waals surface area contributed by atoms with E-state index >= 15 is 0 Å². The fourth-order valence-corrected chi connectivity index (χ4v) is 2.75. The standard InChI is InChI=1S/C15H28N2O3/c1-5-15(6-2,13(18)19)10-16-14(20)17-8-7-12(9-17)11(3)4/h11-12H,5-10H2,1-4H3,(H,16,20)(H,18,19). The average Bonchev–Trinajstić information content (AvgIpc) is 2.89. The Balaban J connectivity index is 2.53. The van der Waals surface area contributed by atoms with E-state index in [0.717, 1.165) is 19.5 Å². The van der Waals surface area contributed by atoms with Crippen LogP contribution >= 0.6 is 0 Å². The predicted molar refractivity (Wildman–Crippen MR) is 78.6 cm³/mol. The third-order valence-corrected chi connectivity index (χ3v) is 4.84. The Hall–Kier alpha value is -1.26. The summed E-state index contributed by atoms with van der Waals surface area (Å²) in [5, 5.41) is 12.2. The van der Waals surface area contributed by atoms with Gasteiger partial charge in [-0.05, 0) is 31.1 Å². The van der Waals surface area contributed by atoms with Crippen molar-refractivity contribution in [3.8, 4) is 0 Å². The first-order chi connectivity index (χ1) is 9.36. The van der Waals surface area contributed by atoms with Crippen molar-refractivity contribution >= 4 is 12.0 Å². The van der Waals surface area contributed by atoms with E-state index in [1.54, 1.807) is 0 Å². The molecule has 0 aliphatic carbocycles. The van der Waals surface area contributed by atoms with Crippen LogP contribution in [0.25, 0.3) is 0 Å². The Morgan fingerprint density at radius 2 is 1.95 bits per heavy atom. The molecule has 0 spiro atoms. The van der Waals surface area contributed by atoms with Gasteiger partial charge in [0, 0.05) is 19.6 Å². The number of rotatable bonds is 6. The minimum Gasteiger partial charge on any atom is -0.481 e. The van der Waals surface area contributed by atoms with Crippen LogP contribution in [0.2, 0.25) is 0 Å². The second-order valence-electron chi connectivity index (χ2n) is 6.19. The van der Waals surface area contributed by atoms with Crippen LogP contribution in [0.5, 0.6) is 0 Å². The van der Waals surface area contributed by atoms with E-state index in [0.29, 0.717) is 24.7 Å². The topological polar surface area (TPSA) is 69.6 Å². The molecule has 1 fully saturated rings. The molecule has 116 valence electrons. The van der Waals surface area contributed by atoms with E-state index in [1.165, 1.54) is 0 Å². The second-order valence-corrected chi connectivity index (χ2v) is 6.19. The monoisotopic (exact) mass is 284 g/mol. The zero-order valence-corrected chi connectivity index (χ0v) is 13.1. The van der Waals surface area contributed by atoms with Gasteiger partial charge >= 0.3 is 12.0 Å². The number of likely N-dealkylation sites (tertiary alicyclic amines) is 1. The molecule has 0 saturated carbocycles. The van der Waals surface area contributed by atoms with Crippen molar-refractivity contribution in [2.75, 3.05) is 19.6 Å². The molecule has 1 rings (SSSR count). The Kier molecular flexibility index (Phi) is 5.84. The van der Waals surface area contributed by atoms with Crippen LogP contribution in [0.1, 0.15) is 47.0 Å². The molecule has 0 aromatic carbocycles. The summed E-state index contributed by atoms with van der Waals surface area (Å²) in [5.74, 6) is 0.309. The number of carboxylic acids is 1. The zero-order valence-electron chi connectivity index (χ0n) is 13.1. The summed E-state index contributed by atoms with van der Waals surface area (Å²) >= 11 is 0. The Morgan fingerprint density at radius 1 is 1.35 bits per heavy atom. The van der Waals surface area contributed by atoms with Crippen molar-refractivity contribution in [1.82, 2.24) is 10.2 Å². The zero-order chi connectivity index (χ0) is 15.3. The van der Waals surface area contributed by atoms with E-state index in [4.69, 9.17) is 0 Å². The molecular weight excluding hydrogens is 256 g/mol. The molecule has 0 radical (unpaired) electrons. The summed E-state index contributed by atoms with van der Waals surface area (Å²) in [6.07, 6.45) is 2.08. The lowest BCUT2D eigenvalue weighted by molar-refractivity contribution is -0.149. The second kappa shape index (κ2) is 6.95. The Morgan fingerprint density at radius 3 is 2.35 bits per heavy atom. The van der Waals surface area contributed by atoms with Gasteiger partial charge in [-0.2, -0.15) is 0 Å². The summed E-state index contributed by atoms with van der Waals surface area (Å²) in [6.45, 7) is 9.82. The maximum Gasteiger partial charge on any atom is 0.317 e. The fraction of sp³-hybridized carbons (Fsp3) is 0.867. The number of aliphatic carboxylic acids is 1. The van der Waals surface area contributed by atoms with Gasteiger partial charge in [-0.25, -0.2) is 4.79 Å². The van der Waals surface area contributed by atoms with Crippen molar-refractivity contribution < 1.29 is 14.7 Å². The summed E-state index contributed by atoms with van der Waals surface area (Å²) in [4.78, 5) is 25.3. The average molecular weight is 284 g/mol. The molecule has 20 heavy (non-hydrogen) atoms. The van der Waals surface area contributed by atoms with Gasteiger partial charge in [0.25, 0.3) is 0 Å². The van der Waals surface area contributed by atoms with Gasteiger partial charge in [-0.15, -0.1) is 0 Å². The van der Waals surface area contributed by atoms with Crippen LogP contribution in [0, 0.1) is 17.3 Å². The number of carbonyl (C=O) groups is 2. The summed E-state index contributed by atoms with van der Waals surface area (Å²) in [5.41, 5.74) is -0.840. The van der Waals surface area contributed by atoms with Crippen LogP contribution < -0.4 is 5.32 Å². The van der Waals surface area contributed by atoms with Gasteiger partial charge in [0.05, 0.1) is 5.41 Å². The summed E-state index contributed by atoms with van der Waals surface area (Å²) in [6, 6.07) is -0.124. The lowest BCUT2D eigenvalue weighted by Gasteiger charge is -2.28. The van der Waals surface area contributed by atoms with Crippen molar-refractivity contribution in [1.29, 1.82) is 0 Å². The Bertz CT molecular complexity index is 351. The van der Waals surface area contributed by atoms with E-state index in [9.17, 15) is 14.7 Å². The lowest BCUT2D eigenvalue weighted by Crippen LogP contribution is -2.46. The molecule has 5 heteroatoms. The highest BCUT2D eigenvalue weighted by Crippen LogP contribution is 2.27. The SMILES string of the molecule is CCC(CC)(CNC(=O)N1CCC(C(C)C)C1)C(=O)O. The third-order valence-electron chi connectivity index (χ3n) is 4.84. The molecule has 1 unspecified atom stereocenters. The number of amides is 2. The highest BCUT2D eigenvalue weighted by Gasteiger charge is 2.36. The summed E-state index contributed by atoms with van der Waals surface area (Å²) < 4.78 is 0. The van der Waals surface area contributed by atoms with Crippen molar-refractivity contribution in [3.63, 3.8) is 0 Å². The van der Waals surface area contributed by atoms with Gasteiger partial charge in [0.15, 0.2) is 0 Å².